The van der Waals surface area contributed by atoms with Gasteiger partial charge in [0.1, 0.15) is 12.9 Å². The monoisotopic (exact) mass is 275 g/mol. The van der Waals surface area contributed by atoms with Crippen LogP contribution >= 0.6 is 0 Å². The van der Waals surface area contributed by atoms with Crippen molar-refractivity contribution in [1.29, 1.82) is 0 Å². The van der Waals surface area contributed by atoms with Crippen molar-refractivity contribution in [3.05, 3.63) is 35.9 Å². The summed E-state index contributed by atoms with van der Waals surface area (Å²) in [5.41, 5.74) is 2.11. The summed E-state index contributed by atoms with van der Waals surface area (Å²) >= 11 is 0. The fourth-order valence-electron chi connectivity index (χ4n) is 1.54. The highest BCUT2D eigenvalue weighted by atomic mass is 16.5. The third kappa shape index (κ3) is 4.62. The van der Waals surface area contributed by atoms with Gasteiger partial charge in [0.05, 0.1) is 5.69 Å². The van der Waals surface area contributed by atoms with Crippen molar-refractivity contribution in [3.8, 4) is 6.01 Å². The first-order valence-electron chi connectivity index (χ1n) is 6.60. The van der Waals surface area contributed by atoms with Crippen LogP contribution in [0.5, 0.6) is 6.01 Å². The van der Waals surface area contributed by atoms with E-state index in [2.05, 4.69) is 47.2 Å². The SMILES string of the molecule is Cn1cnc(OCc2ccc(CNC(C)(C)C)cn2)n1. The fourth-order valence-corrected chi connectivity index (χ4v) is 1.54. The van der Waals surface area contributed by atoms with Crippen LogP contribution in [0.25, 0.3) is 0 Å². The summed E-state index contributed by atoms with van der Waals surface area (Å²) in [5, 5.41) is 7.47. The first-order chi connectivity index (χ1) is 9.42. The number of aromatic nitrogens is 4. The zero-order valence-corrected chi connectivity index (χ0v) is 12.4. The van der Waals surface area contributed by atoms with Crippen LogP contribution in [0.2, 0.25) is 0 Å². The summed E-state index contributed by atoms with van der Waals surface area (Å²) in [6, 6.07) is 4.38. The largest absolute Gasteiger partial charge is 0.456 e. The second-order valence-electron chi connectivity index (χ2n) is 5.75. The molecule has 0 aliphatic carbocycles. The van der Waals surface area contributed by atoms with Gasteiger partial charge in [0.15, 0.2) is 0 Å². The van der Waals surface area contributed by atoms with Gasteiger partial charge in [-0.1, -0.05) is 6.07 Å². The van der Waals surface area contributed by atoms with E-state index in [0.29, 0.717) is 12.6 Å². The number of pyridine rings is 1. The van der Waals surface area contributed by atoms with Gasteiger partial charge in [0.25, 0.3) is 0 Å². The lowest BCUT2D eigenvalue weighted by Crippen LogP contribution is -2.35. The van der Waals surface area contributed by atoms with Crippen molar-refractivity contribution in [2.24, 2.45) is 7.05 Å². The molecule has 0 saturated carbocycles. The van der Waals surface area contributed by atoms with Gasteiger partial charge in [0, 0.05) is 25.3 Å². The molecule has 0 aromatic carbocycles. The highest BCUT2D eigenvalue weighted by Crippen LogP contribution is 2.07. The molecule has 6 nitrogen and oxygen atoms in total. The lowest BCUT2D eigenvalue weighted by atomic mass is 10.1. The number of aryl methyl sites for hydroxylation is 1. The molecule has 0 aliphatic heterocycles. The van der Waals surface area contributed by atoms with Crippen molar-refractivity contribution in [2.45, 2.75) is 39.5 Å². The van der Waals surface area contributed by atoms with Crippen LogP contribution in [0.3, 0.4) is 0 Å². The van der Waals surface area contributed by atoms with E-state index in [4.69, 9.17) is 4.74 Å². The highest BCUT2D eigenvalue weighted by molar-refractivity contribution is 5.14. The molecule has 0 bridgehead atoms. The minimum Gasteiger partial charge on any atom is -0.456 e. The van der Waals surface area contributed by atoms with Crippen molar-refractivity contribution < 1.29 is 4.74 Å². The maximum atomic E-state index is 5.45. The lowest BCUT2D eigenvalue weighted by Gasteiger charge is -2.20. The van der Waals surface area contributed by atoms with E-state index in [0.717, 1.165) is 17.8 Å². The topological polar surface area (TPSA) is 64.9 Å². The predicted molar refractivity (Wildman–Crippen MR) is 76.2 cm³/mol. The summed E-state index contributed by atoms with van der Waals surface area (Å²) in [4.78, 5) is 8.37. The molecule has 0 aliphatic rings. The number of nitrogens with zero attached hydrogens (tertiary/aromatic N) is 4. The van der Waals surface area contributed by atoms with Crippen molar-refractivity contribution in [1.82, 2.24) is 25.1 Å². The van der Waals surface area contributed by atoms with Gasteiger partial charge in [-0.25, -0.2) is 0 Å². The van der Waals surface area contributed by atoms with Crippen LogP contribution in [-0.2, 0) is 20.2 Å². The number of nitrogens with one attached hydrogen (secondary N) is 1. The minimum atomic E-state index is 0.104. The van der Waals surface area contributed by atoms with Gasteiger partial charge in [-0.3, -0.25) is 9.67 Å². The molecule has 0 atom stereocenters. The Bertz CT molecular complexity index is 541. The van der Waals surface area contributed by atoms with Crippen LogP contribution in [0, 0.1) is 0 Å². The van der Waals surface area contributed by atoms with E-state index in [1.54, 1.807) is 18.1 Å². The van der Waals surface area contributed by atoms with Crippen molar-refractivity contribution in [2.75, 3.05) is 0 Å². The van der Waals surface area contributed by atoms with Gasteiger partial charge in [-0.15, -0.1) is 5.10 Å². The summed E-state index contributed by atoms with van der Waals surface area (Å²) in [6.45, 7) is 7.60. The molecule has 2 heterocycles. The van der Waals surface area contributed by atoms with E-state index in [-0.39, 0.29) is 5.54 Å². The van der Waals surface area contributed by atoms with E-state index < -0.39 is 0 Å². The van der Waals surface area contributed by atoms with Gasteiger partial charge in [-0.2, -0.15) is 4.98 Å². The zero-order valence-electron chi connectivity index (χ0n) is 12.4. The summed E-state index contributed by atoms with van der Waals surface area (Å²) in [5.74, 6) is 0. The standard InChI is InChI=1S/C14H21N5O/c1-14(2,3)17-8-11-5-6-12(15-7-11)9-20-13-16-10-19(4)18-13/h5-7,10,17H,8-9H2,1-4H3. The van der Waals surface area contributed by atoms with Crippen LogP contribution in [0.4, 0.5) is 0 Å². The molecular formula is C14H21N5O. The quantitative estimate of drug-likeness (QED) is 0.899. The molecule has 0 fully saturated rings. The molecule has 0 amide bonds. The molecule has 2 aromatic rings. The van der Waals surface area contributed by atoms with Crippen molar-refractivity contribution >= 4 is 0 Å². The van der Waals surface area contributed by atoms with E-state index in [9.17, 15) is 0 Å². The smallest absolute Gasteiger partial charge is 0.335 e. The Morgan fingerprint density at radius 1 is 1.25 bits per heavy atom. The molecule has 2 rings (SSSR count). The Morgan fingerprint density at radius 2 is 2.05 bits per heavy atom. The van der Waals surface area contributed by atoms with Crippen LogP contribution < -0.4 is 10.1 Å². The summed E-state index contributed by atoms with van der Waals surface area (Å²) in [7, 11) is 1.80. The Labute approximate surface area is 119 Å². The molecule has 0 unspecified atom stereocenters. The Hall–Kier alpha value is -1.95. The molecule has 0 spiro atoms. The second kappa shape index (κ2) is 6.00. The summed E-state index contributed by atoms with van der Waals surface area (Å²) < 4.78 is 7.05. The molecule has 0 saturated heterocycles. The van der Waals surface area contributed by atoms with Crippen LogP contribution in [0.15, 0.2) is 24.7 Å². The molecule has 0 radical (unpaired) electrons. The number of hydrogen-bond acceptors (Lipinski definition) is 5. The average molecular weight is 275 g/mol. The first kappa shape index (κ1) is 14.5. The van der Waals surface area contributed by atoms with Crippen LogP contribution in [0.1, 0.15) is 32.0 Å². The Balaban J connectivity index is 1.85. The Morgan fingerprint density at radius 3 is 2.60 bits per heavy atom. The fraction of sp³-hybridized carbons (Fsp3) is 0.500. The molecular weight excluding hydrogens is 254 g/mol. The lowest BCUT2D eigenvalue weighted by molar-refractivity contribution is 0.275. The zero-order chi connectivity index (χ0) is 14.6. The number of hydrogen-bond donors (Lipinski definition) is 1. The van der Waals surface area contributed by atoms with Gasteiger partial charge in [-0.05, 0) is 32.4 Å². The Kier molecular flexibility index (Phi) is 4.34. The van der Waals surface area contributed by atoms with E-state index >= 15 is 0 Å². The predicted octanol–water partition coefficient (Wildman–Crippen LogP) is 1.68. The van der Waals surface area contributed by atoms with Crippen molar-refractivity contribution in [3.63, 3.8) is 0 Å². The maximum absolute atomic E-state index is 5.45. The number of rotatable bonds is 5. The van der Waals surface area contributed by atoms with Gasteiger partial charge < -0.3 is 10.1 Å². The highest BCUT2D eigenvalue weighted by Gasteiger charge is 2.08. The van der Waals surface area contributed by atoms with Gasteiger partial charge in [0.2, 0.25) is 0 Å². The molecule has 2 aromatic heterocycles. The first-order valence-corrected chi connectivity index (χ1v) is 6.60. The van der Waals surface area contributed by atoms with Gasteiger partial charge >= 0.3 is 6.01 Å². The molecule has 1 N–H and O–H groups in total. The average Bonchev–Trinajstić information content (AvgIpc) is 2.80. The maximum Gasteiger partial charge on any atom is 0.335 e. The van der Waals surface area contributed by atoms with E-state index in [1.807, 2.05) is 12.3 Å². The molecule has 6 heteroatoms. The second-order valence-corrected chi connectivity index (χ2v) is 5.75. The summed E-state index contributed by atoms with van der Waals surface area (Å²) in [6.07, 6.45) is 3.47. The molecule has 108 valence electrons. The van der Waals surface area contributed by atoms with Crippen LogP contribution in [-0.4, -0.2) is 25.3 Å². The molecule has 20 heavy (non-hydrogen) atoms. The van der Waals surface area contributed by atoms with E-state index in [1.165, 1.54) is 0 Å². The normalized spacial score (nSPS) is 11.6. The minimum absolute atomic E-state index is 0.104. The number of ether oxygens (including phenoxy) is 1. The third-order valence-electron chi connectivity index (χ3n) is 2.64. The third-order valence-corrected chi connectivity index (χ3v) is 2.64.